The lowest BCUT2D eigenvalue weighted by molar-refractivity contribution is 0.415. The van der Waals surface area contributed by atoms with E-state index < -0.39 is 15.4 Å². The summed E-state index contributed by atoms with van der Waals surface area (Å²) < 4.78 is 31.7. The molecule has 0 saturated carbocycles. The van der Waals surface area contributed by atoms with Crippen LogP contribution < -0.4 is 10.3 Å². The van der Waals surface area contributed by atoms with Crippen molar-refractivity contribution < 1.29 is 13.2 Å². The Morgan fingerprint density at radius 2 is 1.77 bits per heavy atom. The number of hydrogen-bond donors (Lipinski definition) is 1. The van der Waals surface area contributed by atoms with Crippen molar-refractivity contribution in [3.8, 4) is 5.75 Å². The van der Waals surface area contributed by atoms with E-state index in [-0.39, 0.29) is 4.90 Å². The number of ether oxygens (including phenoxy) is 1. The first-order chi connectivity index (χ1) is 12.3. The molecule has 1 aromatic heterocycles. The SMILES string of the molecule is COc1ccc(/C=C/S(=O)(=O)c2cc3c(Br)cc(Br)cc3[nH]c2=O)cc1. The van der Waals surface area contributed by atoms with E-state index in [1.807, 2.05) is 0 Å². The van der Waals surface area contributed by atoms with Crippen LogP contribution in [0.3, 0.4) is 0 Å². The van der Waals surface area contributed by atoms with Crippen molar-refractivity contribution in [2.24, 2.45) is 0 Å². The number of benzene rings is 2. The van der Waals surface area contributed by atoms with E-state index in [9.17, 15) is 13.2 Å². The van der Waals surface area contributed by atoms with Crippen molar-refractivity contribution in [1.82, 2.24) is 4.98 Å². The molecule has 0 aliphatic rings. The molecule has 0 atom stereocenters. The molecule has 0 fully saturated rings. The lowest BCUT2D eigenvalue weighted by Gasteiger charge is -2.05. The van der Waals surface area contributed by atoms with Crippen LogP contribution in [0.2, 0.25) is 0 Å². The van der Waals surface area contributed by atoms with E-state index >= 15 is 0 Å². The standard InChI is InChI=1S/C18H13Br2NO4S/c1-25-13-4-2-11(3-5-13)6-7-26(23,24)17-10-14-15(20)8-12(19)9-16(14)21-18(17)22/h2-10H,1H3,(H,21,22)/b7-6+. The van der Waals surface area contributed by atoms with Gasteiger partial charge in [0, 0.05) is 19.7 Å². The van der Waals surface area contributed by atoms with Crippen LogP contribution >= 0.6 is 31.9 Å². The summed E-state index contributed by atoms with van der Waals surface area (Å²) in [4.78, 5) is 14.6. The zero-order chi connectivity index (χ0) is 18.9. The Bertz CT molecular complexity index is 1170. The summed E-state index contributed by atoms with van der Waals surface area (Å²) in [6.07, 6.45) is 1.44. The second-order valence-corrected chi connectivity index (χ2v) is 9.00. The maximum atomic E-state index is 12.6. The first-order valence-electron chi connectivity index (χ1n) is 7.39. The Morgan fingerprint density at radius 1 is 1.08 bits per heavy atom. The van der Waals surface area contributed by atoms with Crippen LogP contribution in [0.4, 0.5) is 0 Å². The highest BCUT2D eigenvalue weighted by Gasteiger charge is 2.17. The third-order valence-corrected chi connectivity index (χ3v) is 6.23. The zero-order valence-corrected chi connectivity index (χ0v) is 17.5. The molecule has 8 heteroatoms. The molecule has 0 aliphatic heterocycles. The molecule has 26 heavy (non-hydrogen) atoms. The fraction of sp³-hybridized carbons (Fsp3) is 0.0556. The third-order valence-electron chi connectivity index (χ3n) is 3.70. The number of nitrogens with one attached hydrogen (secondary N) is 1. The highest BCUT2D eigenvalue weighted by atomic mass is 79.9. The molecule has 1 heterocycles. The van der Waals surface area contributed by atoms with Crippen LogP contribution in [0, 0.1) is 0 Å². The Balaban J connectivity index is 2.04. The average Bonchev–Trinajstić information content (AvgIpc) is 2.59. The number of halogens is 2. The molecule has 5 nitrogen and oxygen atoms in total. The van der Waals surface area contributed by atoms with Gasteiger partial charge in [-0.25, -0.2) is 8.42 Å². The number of methoxy groups -OCH3 is 1. The second kappa shape index (κ2) is 7.38. The summed E-state index contributed by atoms with van der Waals surface area (Å²) in [5.41, 5.74) is 0.549. The normalized spacial score (nSPS) is 12.0. The molecule has 0 radical (unpaired) electrons. The van der Waals surface area contributed by atoms with Crippen molar-refractivity contribution in [1.29, 1.82) is 0 Å². The topological polar surface area (TPSA) is 76.2 Å². The van der Waals surface area contributed by atoms with Crippen LogP contribution in [0.1, 0.15) is 5.56 Å². The highest BCUT2D eigenvalue weighted by molar-refractivity contribution is 9.11. The predicted molar refractivity (Wildman–Crippen MR) is 109 cm³/mol. The fourth-order valence-corrected chi connectivity index (χ4v) is 4.80. The van der Waals surface area contributed by atoms with E-state index in [1.165, 1.54) is 12.1 Å². The molecule has 1 N–H and O–H groups in total. The van der Waals surface area contributed by atoms with Gasteiger partial charge in [-0.05, 0) is 42.0 Å². The lowest BCUT2D eigenvalue weighted by Crippen LogP contribution is -2.16. The maximum absolute atomic E-state index is 12.6. The molecular formula is C18H13Br2NO4S. The van der Waals surface area contributed by atoms with Gasteiger partial charge < -0.3 is 9.72 Å². The molecule has 0 saturated heterocycles. The van der Waals surface area contributed by atoms with Gasteiger partial charge in [0.15, 0.2) is 0 Å². The van der Waals surface area contributed by atoms with E-state index in [2.05, 4.69) is 36.8 Å². The lowest BCUT2D eigenvalue weighted by atomic mass is 10.2. The summed E-state index contributed by atoms with van der Waals surface area (Å²) >= 11 is 6.72. The maximum Gasteiger partial charge on any atom is 0.267 e. The quantitative estimate of drug-likeness (QED) is 0.574. The monoisotopic (exact) mass is 497 g/mol. The van der Waals surface area contributed by atoms with Crippen LogP contribution in [-0.4, -0.2) is 20.5 Å². The summed E-state index contributed by atoms with van der Waals surface area (Å²) in [5, 5.41) is 1.63. The van der Waals surface area contributed by atoms with Gasteiger partial charge >= 0.3 is 0 Å². The fourth-order valence-electron chi connectivity index (χ4n) is 2.38. The van der Waals surface area contributed by atoms with Crippen molar-refractivity contribution in [3.63, 3.8) is 0 Å². The minimum absolute atomic E-state index is 0.308. The van der Waals surface area contributed by atoms with Crippen LogP contribution in [0.25, 0.3) is 17.0 Å². The molecule has 0 aliphatic carbocycles. The second-order valence-electron chi connectivity index (χ2n) is 5.43. The molecule has 0 bridgehead atoms. The van der Waals surface area contributed by atoms with Gasteiger partial charge in [0.25, 0.3) is 5.56 Å². The van der Waals surface area contributed by atoms with Gasteiger partial charge in [0.2, 0.25) is 9.84 Å². The number of aromatic nitrogens is 1. The third kappa shape index (κ3) is 3.92. The number of fused-ring (bicyclic) bond motifs is 1. The number of sulfone groups is 1. The molecule has 3 aromatic rings. The van der Waals surface area contributed by atoms with Crippen molar-refractivity contribution in [3.05, 3.63) is 72.7 Å². The molecule has 2 aromatic carbocycles. The summed E-state index contributed by atoms with van der Waals surface area (Å²) in [6, 6.07) is 11.8. The van der Waals surface area contributed by atoms with Crippen molar-refractivity contribution >= 4 is 58.7 Å². The Morgan fingerprint density at radius 3 is 2.42 bits per heavy atom. The molecule has 0 spiro atoms. The van der Waals surface area contributed by atoms with Crippen LogP contribution in [0.15, 0.2) is 66.5 Å². The molecular weight excluding hydrogens is 486 g/mol. The number of hydrogen-bond acceptors (Lipinski definition) is 4. The molecule has 0 amide bonds. The Hall–Kier alpha value is -1.90. The van der Waals surface area contributed by atoms with Gasteiger partial charge in [-0.1, -0.05) is 44.0 Å². The summed E-state index contributed by atoms with van der Waals surface area (Å²) in [5.74, 6) is 0.673. The predicted octanol–water partition coefficient (Wildman–Crippen LogP) is 4.51. The van der Waals surface area contributed by atoms with E-state index in [1.54, 1.807) is 43.5 Å². The number of aromatic amines is 1. The first kappa shape index (κ1) is 18.9. The van der Waals surface area contributed by atoms with Crippen molar-refractivity contribution in [2.75, 3.05) is 7.11 Å². The van der Waals surface area contributed by atoms with Gasteiger partial charge in [-0.2, -0.15) is 0 Å². The summed E-state index contributed by atoms with van der Waals surface area (Å²) in [7, 11) is -2.36. The van der Waals surface area contributed by atoms with Gasteiger partial charge in [0.1, 0.15) is 10.6 Å². The minimum atomic E-state index is -3.91. The van der Waals surface area contributed by atoms with Gasteiger partial charge in [-0.3, -0.25) is 4.79 Å². The van der Waals surface area contributed by atoms with Crippen LogP contribution in [0.5, 0.6) is 5.75 Å². The largest absolute Gasteiger partial charge is 0.497 e. The highest BCUT2D eigenvalue weighted by Crippen LogP contribution is 2.28. The van der Waals surface area contributed by atoms with E-state index in [4.69, 9.17) is 4.74 Å². The molecule has 134 valence electrons. The van der Waals surface area contributed by atoms with E-state index in [0.717, 1.165) is 9.88 Å². The number of pyridine rings is 1. The Labute approximate surface area is 166 Å². The zero-order valence-electron chi connectivity index (χ0n) is 13.5. The smallest absolute Gasteiger partial charge is 0.267 e. The minimum Gasteiger partial charge on any atom is -0.497 e. The number of H-pyrrole nitrogens is 1. The first-order valence-corrected chi connectivity index (χ1v) is 10.5. The molecule has 0 unspecified atom stereocenters. The van der Waals surface area contributed by atoms with Crippen molar-refractivity contribution in [2.45, 2.75) is 4.90 Å². The average molecular weight is 499 g/mol. The molecule has 3 rings (SSSR count). The van der Waals surface area contributed by atoms with Gasteiger partial charge in [0.05, 0.1) is 12.6 Å². The Kier molecular flexibility index (Phi) is 5.36. The van der Waals surface area contributed by atoms with Crippen LogP contribution in [-0.2, 0) is 9.84 Å². The van der Waals surface area contributed by atoms with Gasteiger partial charge in [-0.15, -0.1) is 0 Å². The number of rotatable bonds is 4. The summed E-state index contributed by atoms with van der Waals surface area (Å²) in [6.45, 7) is 0. The van der Waals surface area contributed by atoms with E-state index in [0.29, 0.717) is 26.7 Å².